The molecule has 1 aliphatic rings. The van der Waals surface area contributed by atoms with E-state index in [9.17, 15) is 4.79 Å². The number of hydrogen-bond acceptors (Lipinski definition) is 5. The Balaban J connectivity index is 1.63. The second-order valence-corrected chi connectivity index (χ2v) is 5.11. The molecule has 0 bridgehead atoms. The summed E-state index contributed by atoms with van der Waals surface area (Å²) >= 11 is 0. The number of hydrogen-bond donors (Lipinski definition) is 1. The second kappa shape index (κ2) is 6.53. The molecule has 2 aromatic rings. The first-order valence-electron chi connectivity index (χ1n) is 7.16. The number of carbonyl (C=O) groups is 1. The SMILES string of the molecule is Cc1cccc(NC(=O)c2ccc(O[C@@H]3CCOC3)nc2)n1. The quantitative estimate of drug-likeness (QED) is 0.937. The Morgan fingerprint density at radius 1 is 1.36 bits per heavy atom. The molecule has 1 N–H and O–H groups in total. The van der Waals surface area contributed by atoms with Gasteiger partial charge in [-0.15, -0.1) is 0 Å². The fourth-order valence-electron chi connectivity index (χ4n) is 2.16. The van der Waals surface area contributed by atoms with Crippen molar-refractivity contribution in [3.63, 3.8) is 0 Å². The van der Waals surface area contributed by atoms with Crippen LogP contribution in [0, 0.1) is 6.92 Å². The van der Waals surface area contributed by atoms with Gasteiger partial charge in [0.15, 0.2) is 0 Å². The van der Waals surface area contributed by atoms with Crippen LogP contribution in [0.1, 0.15) is 22.5 Å². The molecule has 6 nitrogen and oxygen atoms in total. The predicted octanol–water partition coefficient (Wildman–Crippen LogP) is 2.21. The van der Waals surface area contributed by atoms with Crippen LogP contribution in [0.2, 0.25) is 0 Å². The number of pyridine rings is 2. The van der Waals surface area contributed by atoms with Crippen molar-refractivity contribution in [1.29, 1.82) is 0 Å². The average molecular weight is 299 g/mol. The van der Waals surface area contributed by atoms with E-state index in [1.807, 2.05) is 19.1 Å². The molecule has 3 rings (SSSR count). The highest BCUT2D eigenvalue weighted by atomic mass is 16.5. The van der Waals surface area contributed by atoms with Gasteiger partial charge >= 0.3 is 0 Å². The minimum Gasteiger partial charge on any atom is -0.472 e. The number of carbonyl (C=O) groups excluding carboxylic acids is 1. The van der Waals surface area contributed by atoms with Crippen molar-refractivity contribution in [2.24, 2.45) is 0 Å². The lowest BCUT2D eigenvalue weighted by Gasteiger charge is -2.11. The third kappa shape index (κ3) is 3.59. The largest absolute Gasteiger partial charge is 0.472 e. The molecule has 2 aromatic heterocycles. The van der Waals surface area contributed by atoms with Crippen LogP contribution in [-0.2, 0) is 4.74 Å². The van der Waals surface area contributed by atoms with E-state index in [0.29, 0.717) is 30.5 Å². The molecule has 0 aliphatic carbocycles. The van der Waals surface area contributed by atoms with Crippen LogP contribution in [0.15, 0.2) is 36.5 Å². The zero-order chi connectivity index (χ0) is 15.4. The third-order valence-electron chi connectivity index (χ3n) is 3.30. The van der Waals surface area contributed by atoms with Crippen LogP contribution in [0.25, 0.3) is 0 Å². The van der Waals surface area contributed by atoms with Gasteiger partial charge in [-0.05, 0) is 25.1 Å². The lowest BCUT2D eigenvalue weighted by molar-refractivity contribution is 0.102. The summed E-state index contributed by atoms with van der Waals surface area (Å²) in [4.78, 5) is 20.5. The van der Waals surface area contributed by atoms with Gasteiger partial charge in [-0.1, -0.05) is 6.07 Å². The molecule has 0 aromatic carbocycles. The van der Waals surface area contributed by atoms with E-state index in [1.165, 1.54) is 6.20 Å². The monoisotopic (exact) mass is 299 g/mol. The molecule has 1 saturated heterocycles. The number of aromatic nitrogens is 2. The first kappa shape index (κ1) is 14.5. The molecule has 1 atom stereocenters. The van der Waals surface area contributed by atoms with Crippen LogP contribution < -0.4 is 10.1 Å². The van der Waals surface area contributed by atoms with Crippen molar-refractivity contribution in [1.82, 2.24) is 9.97 Å². The molecule has 114 valence electrons. The predicted molar refractivity (Wildman–Crippen MR) is 81.0 cm³/mol. The van der Waals surface area contributed by atoms with Gasteiger partial charge in [0, 0.05) is 24.4 Å². The number of amides is 1. The minimum atomic E-state index is -0.249. The van der Waals surface area contributed by atoms with E-state index in [1.54, 1.807) is 18.2 Å². The number of nitrogens with one attached hydrogen (secondary N) is 1. The van der Waals surface area contributed by atoms with Gasteiger partial charge in [-0.2, -0.15) is 0 Å². The molecule has 1 aliphatic heterocycles. The first-order valence-corrected chi connectivity index (χ1v) is 7.16. The molecule has 6 heteroatoms. The van der Waals surface area contributed by atoms with E-state index < -0.39 is 0 Å². The molecule has 0 saturated carbocycles. The highest BCUT2D eigenvalue weighted by Crippen LogP contribution is 2.15. The Hall–Kier alpha value is -2.47. The van der Waals surface area contributed by atoms with Gasteiger partial charge < -0.3 is 14.8 Å². The zero-order valence-corrected chi connectivity index (χ0v) is 12.3. The normalized spacial score (nSPS) is 17.2. The van der Waals surface area contributed by atoms with Crippen LogP contribution in [0.5, 0.6) is 5.88 Å². The summed E-state index contributed by atoms with van der Waals surface area (Å²) in [5.41, 5.74) is 1.30. The topological polar surface area (TPSA) is 73.3 Å². The van der Waals surface area contributed by atoms with Gasteiger partial charge in [0.2, 0.25) is 5.88 Å². The van der Waals surface area contributed by atoms with Crippen LogP contribution in [0.4, 0.5) is 5.82 Å². The van der Waals surface area contributed by atoms with Crippen LogP contribution >= 0.6 is 0 Å². The molecular weight excluding hydrogens is 282 g/mol. The smallest absolute Gasteiger partial charge is 0.258 e. The summed E-state index contributed by atoms with van der Waals surface area (Å²) in [5, 5.41) is 2.74. The summed E-state index contributed by atoms with van der Waals surface area (Å²) < 4.78 is 10.9. The second-order valence-electron chi connectivity index (χ2n) is 5.11. The van der Waals surface area contributed by atoms with E-state index in [0.717, 1.165) is 12.1 Å². The number of anilines is 1. The summed E-state index contributed by atoms with van der Waals surface area (Å²) in [7, 11) is 0. The van der Waals surface area contributed by atoms with Gasteiger partial charge in [0.25, 0.3) is 5.91 Å². The number of aryl methyl sites for hydroxylation is 1. The minimum absolute atomic E-state index is 0.0451. The molecule has 0 spiro atoms. The van der Waals surface area contributed by atoms with E-state index in [2.05, 4.69) is 15.3 Å². The fraction of sp³-hybridized carbons (Fsp3) is 0.312. The summed E-state index contributed by atoms with van der Waals surface area (Å²) in [6, 6.07) is 8.84. The van der Waals surface area contributed by atoms with E-state index in [-0.39, 0.29) is 12.0 Å². The van der Waals surface area contributed by atoms with Crippen molar-refractivity contribution >= 4 is 11.7 Å². The first-order chi connectivity index (χ1) is 10.7. The molecular formula is C16H17N3O3. The molecule has 1 fully saturated rings. The fourth-order valence-corrected chi connectivity index (χ4v) is 2.16. The van der Waals surface area contributed by atoms with Crippen molar-refractivity contribution < 1.29 is 14.3 Å². The van der Waals surface area contributed by atoms with Gasteiger partial charge in [-0.25, -0.2) is 9.97 Å². The Labute approximate surface area is 128 Å². The van der Waals surface area contributed by atoms with Gasteiger partial charge in [0.1, 0.15) is 11.9 Å². The Bertz CT molecular complexity index is 652. The number of rotatable bonds is 4. The number of ether oxygens (including phenoxy) is 2. The van der Waals surface area contributed by atoms with Gasteiger partial charge in [0.05, 0.1) is 18.8 Å². The van der Waals surface area contributed by atoms with E-state index in [4.69, 9.17) is 9.47 Å². The summed E-state index contributed by atoms with van der Waals surface area (Å²) in [5.74, 6) is 0.774. The summed E-state index contributed by atoms with van der Waals surface area (Å²) in [6.07, 6.45) is 2.41. The van der Waals surface area contributed by atoms with Crippen molar-refractivity contribution in [3.8, 4) is 5.88 Å². The lowest BCUT2D eigenvalue weighted by atomic mass is 10.2. The lowest BCUT2D eigenvalue weighted by Crippen LogP contribution is -2.17. The molecule has 3 heterocycles. The van der Waals surface area contributed by atoms with Gasteiger partial charge in [-0.3, -0.25) is 4.79 Å². The zero-order valence-electron chi connectivity index (χ0n) is 12.3. The van der Waals surface area contributed by atoms with Crippen molar-refractivity contribution in [3.05, 3.63) is 47.8 Å². The Morgan fingerprint density at radius 3 is 2.95 bits per heavy atom. The standard InChI is InChI=1S/C16H17N3O3/c1-11-3-2-4-14(18-11)19-16(20)12-5-6-15(17-9-12)22-13-7-8-21-10-13/h2-6,9,13H,7-8,10H2,1H3,(H,18,19,20)/t13-/m1/s1. The van der Waals surface area contributed by atoms with Crippen molar-refractivity contribution in [2.45, 2.75) is 19.4 Å². The Morgan fingerprint density at radius 2 is 2.27 bits per heavy atom. The molecule has 1 amide bonds. The molecule has 22 heavy (non-hydrogen) atoms. The third-order valence-corrected chi connectivity index (χ3v) is 3.30. The van der Waals surface area contributed by atoms with Crippen molar-refractivity contribution in [2.75, 3.05) is 18.5 Å². The number of nitrogens with zero attached hydrogens (tertiary/aromatic N) is 2. The maximum absolute atomic E-state index is 12.1. The van der Waals surface area contributed by atoms with Crippen LogP contribution in [0.3, 0.4) is 0 Å². The maximum Gasteiger partial charge on any atom is 0.258 e. The molecule has 0 radical (unpaired) electrons. The maximum atomic E-state index is 12.1. The van der Waals surface area contributed by atoms with Crippen LogP contribution in [-0.4, -0.2) is 35.2 Å². The average Bonchev–Trinajstić information content (AvgIpc) is 3.01. The Kier molecular flexibility index (Phi) is 4.29. The molecule has 0 unspecified atom stereocenters. The summed E-state index contributed by atoms with van der Waals surface area (Å²) in [6.45, 7) is 3.17. The highest BCUT2D eigenvalue weighted by molar-refractivity contribution is 6.03. The van der Waals surface area contributed by atoms with E-state index >= 15 is 0 Å². The highest BCUT2D eigenvalue weighted by Gasteiger charge is 2.17.